The summed E-state index contributed by atoms with van der Waals surface area (Å²) < 4.78 is 5.90. The van der Waals surface area contributed by atoms with E-state index >= 15 is 0 Å². The summed E-state index contributed by atoms with van der Waals surface area (Å²) in [5.74, 6) is 1.37. The third kappa shape index (κ3) is 3.63. The van der Waals surface area contributed by atoms with E-state index in [1.54, 1.807) is 0 Å². The third-order valence-corrected chi connectivity index (χ3v) is 3.38. The number of rotatable bonds is 3. The zero-order chi connectivity index (χ0) is 15.6. The lowest BCUT2D eigenvalue weighted by Crippen LogP contribution is -2.12. The van der Waals surface area contributed by atoms with Crippen LogP contribution < -0.4 is 10.5 Å². The molecule has 0 aliphatic rings. The summed E-state index contributed by atoms with van der Waals surface area (Å²) in [5.41, 5.74) is 8.66. The molecule has 0 radical (unpaired) electrons. The Bertz CT molecular complexity index is 652. The van der Waals surface area contributed by atoms with Crippen molar-refractivity contribution in [1.82, 2.24) is 0 Å². The van der Waals surface area contributed by atoms with Gasteiger partial charge in [-0.3, -0.25) is 5.41 Å². The van der Waals surface area contributed by atoms with E-state index in [4.69, 9.17) is 15.9 Å². The zero-order valence-electron chi connectivity index (χ0n) is 13.0. The first-order valence-corrected chi connectivity index (χ1v) is 7.01. The molecule has 0 unspecified atom stereocenters. The molecule has 2 rings (SSSR count). The second-order valence-corrected chi connectivity index (χ2v) is 6.29. The lowest BCUT2D eigenvalue weighted by atomic mass is 9.87. The number of ether oxygens (including phenoxy) is 1. The van der Waals surface area contributed by atoms with Gasteiger partial charge in [-0.25, -0.2) is 0 Å². The molecule has 0 saturated carbocycles. The van der Waals surface area contributed by atoms with Gasteiger partial charge in [0, 0.05) is 0 Å². The normalized spacial score (nSPS) is 11.2. The molecule has 0 aliphatic carbocycles. The van der Waals surface area contributed by atoms with Crippen LogP contribution in [0.2, 0.25) is 0 Å². The topological polar surface area (TPSA) is 59.1 Å². The summed E-state index contributed by atoms with van der Waals surface area (Å²) in [6, 6.07) is 13.7. The number of nitrogens with two attached hydrogens (primary N) is 1. The molecule has 0 atom stereocenters. The maximum Gasteiger partial charge on any atom is 0.138 e. The van der Waals surface area contributed by atoms with Crippen LogP contribution in [0.3, 0.4) is 0 Å². The Morgan fingerprint density at radius 2 is 1.67 bits per heavy atom. The van der Waals surface area contributed by atoms with E-state index in [9.17, 15) is 0 Å². The number of nitrogens with one attached hydrogen (secondary N) is 1. The highest BCUT2D eigenvalue weighted by molar-refractivity contribution is 5.97. The Morgan fingerprint density at radius 1 is 1.05 bits per heavy atom. The first-order valence-electron chi connectivity index (χ1n) is 7.01. The van der Waals surface area contributed by atoms with Crippen molar-refractivity contribution >= 4 is 5.84 Å². The van der Waals surface area contributed by atoms with Crippen LogP contribution >= 0.6 is 0 Å². The van der Waals surface area contributed by atoms with Gasteiger partial charge in [0.2, 0.25) is 0 Å². The van der Waals surface area contributed by atoms with Crippen LogP contribution in [0.15, 0.2) is 42.5 Å². The lowest BCUT2D eigenvalue weighted by molar-refractivity contribution is 0.480. The molecule has 0 aliphatic heterocycles. The Hall–Kier alpha value is -2.29. The van der Waals surface area contributed by atoms with E-state index in [-0.39, 0.29) is 11.3 Å². The fraction of sp³-hybridized carbons (Fsp3) is 0.278. The van der Waals surface area contributed by atoms with Gasteiger partial charge in [0.1, 0.15) is 17.3 Å². The molecule has 0 spiro atoms. The fourth-order valence-corrected chi connectivity index (χ4v) is 2.09. The monoisotopic (exact) mass is 282 g/mol. The van der Waals surface area contributed by atoms with Crippen molar-refractivity contribution in [2.24, 2.45) is 5.73 Å². The van der Waals surface area contributed by atoms with Crippen LogP contribution in [0.4, 0.5) is 0 Å². The highest BCUT2D eigenvalue weighted by Crippen LogP contribution is 2.29. The van der Waals surface area contributed by atoms with Gasteiger partial charge in [0.25, 0.3) is 0 Å². The summed E-state index contributed by atoms with van der Waals surface area (Å²) in [6.45, 7) is 8.52. The van der Waals surface area contributed by atoms with Crippen molar-refractivity contribution in [3.05, 3.63) is 59.2 Å². The Morgan fingerprint density at radius 3 is 2.19 bits per heavy atom. The van der Waals surface area contributed by atoms with Crippen LogP contribution in [-0.4, -0.2) is 5.84 Å². The maximum absolute atomic E-state index is 7.63. The molecule has 2 aromatic carbocycles. The smallest absolute Gasteiger partial charge is 0.138 e. The maximum atomic E-state index is 7.63. The molecule has 0 aromatic heterocycles. The predicted octanol–water partition coefficient (Wildman–Crippen LogP) is 4.37. The fourth-order valence-electron chi connectivity index (χ4n) is 2.09. The van der Waals surface area contributed by atoms with Crippen molar-refractivity contribution in [2.75, 3.05) is 0 Å². The van der Waals surface area contributed by atoms with Crippen molar-refractivity contribution < 1.29 is 4.74 Å². The first kappa shape index (κ1) is 15.1. The van der Waals surface area contributed by atoms with E-state index in [2.05, 4.69) is 32.9 Å². The quantitative estimate of drug-likeness (QED) is 0.648. The zero-order valence-corrected chi connectivity index (χ0v) is 13.0. The van der Waals surface area contributed by atoms with Gasteiger partial charge in [-0.05, 0) is 47.7 Å². The molecule has 0 heterocycles. The Kier molecular flexibility index (Phi) is 4.03. The molecule has 0 amide bonds. The van der Waals surface area contributed by atoms with E-state index in [0.29, 0.717) is 11.3 Å². The number of benzene rings is 2. The van der Waals surface area contributed by atoms with Crippen LogP contribution in [0.1, 0.15) is 37.5 Å². The highest BCUT2D eigenvalue weighted by atomic mass is 16.5. The second kappa shape index (κ2) is 5.60. The minimum absolute atomic E-state index is 0.0105. The van der Waals surface area contributed by atoms with Crippen LogP contribution in [-0.2, 0) is 5.41 Å². The number of hydrogen-bond donors (Lipinski definition) is 2. The van der Waals surface area contributed by atoms with Crippen LogP contribution in [0.25, 0.3) is 0 Å². The van der Waals surface area contributed by atoms with Crippen molar-refractivity contribution in [3.63, 3.8) is 0 Å². The molecule has 21 heavy (non-hydrogen) atoms. The third-order valence-electron chi connectivity index (χ3n) is 3.38. The Balaban J connectivity index is 2.30. The van der Waals surface area contributed by atoms with Gasteiger partial charge >= 0.3 is 0 Å². The molecule has 110 valence electrons. The summed E-state index contributed by atoms with van der Waals surface area (Å²) in [5, 5.41) is 7.63. The minimum Gasteiger partial charge on any atom is -0.457 e. The largest absolute Gasteiger partial charge is 0.457 e. The molecule has 0 saturated heterocycles. The average Bonchev–Trinajstić information content (AvgIpc) is 2.38. The van der Waals surface area contributed by atoms with Gasteiger partial charge < -0.3 is 10.5 Å². The molecular formula is C18H22N2O. The molecule has 2 aromatic rings. The molecule has 3 N–H and O–H groups in total. The average molecular weight is 282 g/mol. The lowest BCUT2D eigenvalue weighted by Gasteiger charge is -2.19. The Labute approximate surface area is 126 Å². The SMILES string of the molecule is Cc1ccc(C(=N)N)c(Oc2ccc(C(C)(C)C)cc2)c1. The van der Waals surface area contributed by atoms with E-state index in [1.807, 2.05) is 37.3 Å². The molecule has 0 bridgehead atoms. The van der Waals surface area contributed by atoms with Gasteiger partial charge in [-0.15, -0.1) is 0 Å². The standard InChI is InChI=1S/C18H22N2O/c1-12-5-10-15(17(19)20)16(11-12)21-14-8-6-13(7-9-14)18(2,3)4/h5-11H,1-4H3,(H3,19,20). The van der Waals surface area contributed by atoms with Crippen molar-refractivity contribution in [2.45, 2.75) is 33.1 Å². The predicted molar refractivity (Wildman–Crippen MR) is 87.4 cm³/mol. The molecule has 0 fully saturated rings. The summed E-state index contributed by atoms with van der Waals surface area (Å²) in [4.78, 5) is 0. The van der Waals surface area contributed by atoms with Gasteiger partial charge in [0.05, 0.1) is 5.56 Å². The first-order chi connectivity index (χ1) is 9.77. The number of aryl methyl sites for hydroxylation is 1. The number of amidine groups is 1. The van der Waals surface area contributed by atoms with Crippen LogP contribution in [0.5, 0.6) is 11.5 Å². The summed E-state index contributed by atoms with van der Waals surface area (Å²) in [6.07, 6.45) is 0. The van der Waals surface area contributed by atoms with Crippen LogP contribution in [0, 0.1) is 12.3 Å². The summed E-state index contributed by atoms with van der Waals surface area (Å²) in [7, 11) is 0. The van der Waals surface area contributed by atoms with Crippen molar-refractivity contribution in [3.8, 4) is 11.5 Å². The van der Waals surface area contributed by atoms with E-state index < -0.39 is 0 Å². The minimum atomic E-state index is 0.0105. The highest BCUT2D eigenvalue weighted by Gasteiger charge is 2.14. The molecule has 3 nitrogen and oxygen atoms in total. The summed E-state index contributed by atoms with van der Waals surface area (Å²) >= 11 is 0. The van der Waals surface area contributed by atoms with E-state index in [0.717, 1.165) is 11.3 Å². The molecule has 3 heteroatoms. The molecular weight excluding hydrogens is 260 g/mol. The van der Waals surface area contributed by atoms with Gasteiger partial charge in [-0.1, -0.05) is 39.0 Å². The number of nitrogen functional groups attached to an aromatic ring is 1. The number of hydrogen-bond acceptors (Lipinski definition) is 2. The van der Waals surface area contributed by atoms with E-state index in [1.165, 1.54) is 5.56 Å². The van der Waals surface area contributed by atoms with Gasteiger partial charge in [0.15, 0.2) is 0 Å². The second-order valence-electron chi connectivity index (χ2n) is 6.29. The van der Waals surface area contributed by atoms with Crippen molar-refractivity contribution in [1.29, 1.82) is 5.41 Å². The van der Waals surface area contributed by atoms with Gasteiger partial charge in [-0.2, -0.15) is 0 Å².